The maximum Gasteiger partial charge on any atom is 0.267 e. The van der Waals surface area contributed by atoms with E-state index in [1.54, 1.807) is 4.68 Å². The van der Waals surface area contributed by atoms with E-state index in [9.17, 15) is 4.79 Å². The minimum Gasteiger partial charge on any atom is -0.493 e. The van der Waals surface area contributed by atoms with Gasteiger partial charge in [0.1, 0.15) is 5.75 Å². The molecule has 2 aromatic rings. The third-order valence-corrected chi connectivity index (χ3v) is 6.60. The summed E-state index contributed by atoms with van der Waals surface area (Å²) in [6.45, 7) is 3.71. The van der Waals surface area contributed by atoms with Crippen molar-refractivity contribution >= 4 is 0 Å². The van der Waals surface area contributed by atoms with Gasteiger partial charge in [0.05, 0.1) is 18.8 Å². The summed E-state index contributed by atoms with van der Waals surface area (Å²) in [4.78, 5) is 15.1. The number of rotatable bonds is 5. The summed E-state index contributed by atoms with van der Waals surface area (Å²) in [7, 11) is 0. The fraction of sp³-hybridized carbons (Fsp3) is 0.565. The van der Waals surface area contributed by atoms with Crippen molar-refractivity contribution in [3.63, 3.8) is 0 Å². The molecule has 1 aliphatic carbocycles. The number of ether oxygens (including phenoxy) is 1. The van der Waals surface area contributed by atoms with Crippen molar-refractivity contribution in [2.24, 2.45) is 0 Å². The van der Waals surface area contributed by atoms with E-state index in [1.807, 2.05) is 6.07 Å². The van der Waals surface area contributed by atoms with Crippen molar-refractivity contribution < 1.29 is 4.74 Å². The van der Waals surface area contributed by atoms with Gasteiger partial charge < -0.3 is 4.74 Å². The zero-order chi connectivity index (χ0) is 18.9. The number of hydrogen-bond acceptors (Lipinski definition) is 4. The van der Waals surface area contributed by atoms with Crippen LogP contribution in [0.5, 0.6) is 5.75 Å². The Kier molecular flexibility index (Phi) is 4.93. The lowest BCUT2D eigenvalue weighted by molar-refractivity contribution is 0.226. The van der Waals surface area contributed by atoms with Gasteiger partial charge in [0, 0.05) is 25.1 Å². The van der Waals surface area contributed by atoms with Crippen molar-refractivity contribution in [1.82, 2.24) is 14.7 Å². The van der Waals surface area contributed by atoms with E-state index >= 15 is 0 Å². The summed E-state index contributed by atoms with van der Waals surface area (Å²) in [6.07, 6.45) is 8.86. The molecule has 5 heteroatoms. The Morgan fingerprint density at radius 1 is 1.07 bits per heavy atom. The van der Waals surface area contributed by atoms with Crippen LogP contribution in [0.3, 0.4) is 0 Å². The molecule has 1 saturated heterocycles. The van der Waals surface area contributed by atoms with Crippen LogP contribution in [0.4, 0.5) is 0 Å². The molecule has 1 fully saturated rings. The quantitative estimate of drug-likeness (QED) is 0.802. The number of aromatic nitrogens is 2. The van der Waals surface area contributed by atoms with Crippen LogP contribution in [0.15, 0.2) is 29.1 Å². The number of benzene rings is 1. The van der Waals surface area contributed by atoms with Crippen LogP contribution in [0, 0.1) is 0 Å². The first-order valence-corrected chi connectivity index (χ1v) is 10.8. The highest BCUT2D eigenvalue weighted by atomic mass is 16.5. The molecule has 0 saturated carbocycles. The van der Waals surface area contributed by atoms with E-state index in [4.69, 9.17) is 9.84 Å². The molecule has 0 bridgehead atoms. The largest absolute Gasteiger partial charge is 0.493 e. The Morgan fingerprint density at radius 3 is 2.96 bits per heavy atom. The average molecular weight is 380 g/mol. The number of likely N-dealkylation sites (tertiary alicyclic amines) is 1. The minimum absolute atomic E-state index is 0.0751. The maximum atomic E-state index is 12.5. The zero-order valence-electron chi connectivity index (χ0n) is 16.5. The monoisotopic (exact) mass is 379 g/mol. The number of fused-ring (bicyclic) bond motifs is 2. The van der Waals surface area contributed by atoms with Gasteiger partial charge in [-0.05, 0) is 74.2 Å². The molecule has 0 radical (unpaired) electrons. The van der Waals surface area contributed by atoms with E-state index in [1.165, 1.54) is 36.0 Å². The van der Waals surface area contributed by atoms with E-state index < -0.39 is 0 Å². The fourth-order valence-electron chi connectivity index (χ4n) is 5.00. The number of aryl methyl sites for hydroxylation is 2. The molecule has 148 valence electrons. The van der Waals surface area contributed by atoms with Crippen LogP contribution in [-0.2, 0) is 32.2 Å². The second-order valence-electron chi connectivity index (χ2n) is 8.47. The number of nitrogens with zero attached hydrogens (tertiary/aromatic N) is 3. The number of hydrogen-bond donors (Lipinski definition) is 0. The summed E-state index contributed by atoms with van der Waals surface area (Å²) >= 11 is 0. The van der Waals surface area contributed by atoms with E-state index in [0.717, 1.165) is 69.8 Å². The third kappa shape index (κ3) is 3.60. The molecule has 28 heavy (non-hydrogen) atoms. The van der Waals surface area contributed by atoms with Gasteiger partial charge in [-0.3, -0.25) is 9.69 Å². The first-order valence-electron chi connectivity index (χ1n) is 10.8. The van der Waals surface area contributed by atoms with Gasteiger partial charge in [0.25, 0.3) is 5.56 Å². The Labute approximate surface area is 166 Å². The van der Waals surface area contributed by atoms with Crippen molar-refractivity contribution in [2.75, 3.05) is 19.7 Å². The van der Waals surface area contributed by atoms with Gasteiger partial charge in [0.15, 0.2) is 0 Å². The lowest BCUT2D eigenvalue weighted by atomic mass is 9.97. The van der Waals surface area contributed by atoms with Gasteiger partial charge in [-0.2, -0.15) is 5.10 Å². The standard InChI is InChI=1S/C23H29N3O2/c27-23-15-18-4-1-2-6-21(18)24-26(23)16-20-5-3-11-25(20)12-9-17-7-8-22-19(14-17)10-13-28-22/h7-8,14-15,20H,1-6,9-13,16H2. The van der Waals surface area contributed by atoms with Gasteiger partial charge in [-0.25, -0.2) is 4.68 Å². The molecule has 1 aromatic heterocycles. The molecule has 3 aliphatic rings. The van der Waals surface area contributed by atoms with Crippen LogP contribution >= 0.6 is 0 Å². The van der Waals surface area contributed by atoms with Crippen LogP contribution in [0.25, 0.3) is 0 Å². The zero-order valence-corrected chi connectivity index (χ0v) is 16.5. The van der Waals surface area contributed by atoms with Crippen LogP contribution in [0.2, 0.25) is 0 Å². The van der Waals surface area contributed by atoms with Gasteiger partial charge in [0.2, 0.25) is 0 Å². The molecule has 0 amide bonds. The first-order chi connectivity index (χ1) is 13.8. The van der Waals surface area contributed by atoms with Crippen LogP contribution in [-0.4, -0.2) is 40.4 Å². The topological polar surface area (TPSA) is 47.4 Å². The lowest BCUT2D eigenvalue weighted by Crippen LogP contribution is -2.38. The smallest absolute Gasteiger partial charge is 0.267 e. The molecular weight excluding hydrogens is 350 g/mol. The summed E-state index contributed by atoms with van der Waals surface area (Å²) in [5.41, 5.74) is 5.14. The molecule has 1 atom stereocenters. The molecule has 1 aromatic carbocycles. The Bertz CT molecular complexity index is 921. The summed E-state index contributed by atoms with van der Waals surface area (Å²) < 4.78 is 7.35. The van der Waals surface area contributed by atoms with E-state index in [2.05, 4.69) is 23.1 Å². The molecule has 0 N–H and O–H groups in total. The van der Waals surface area contributed by atoms with Gasteiger partial charge in [-0.15, -0.1) is 0 Å². The maximum absolute atomic E-state index is 12.5. The second-order valence-corrected chi connectivity index (χ2v) is 8.47. The van der Waals surface area contributed by atoms with Crippen molar-refractivity contribution in [3.05, 3.63) is 57.0 Å². The van der Waals surface area contributed by atoms with Crippen molar-refractivity contribution in [3.8, 4) is 5.75 Å². The Morgan fingerprint density at radius 2 is 2.00 bits per heavy atom. The second kappa shape index (κ2) is 7.70. The van der Waals surface area contributed by atoms with E-state index in [-0.39, 0.29) is 5.56 Å². The minimum atomic E-state index is 0.0751. The van der Waals surface area contributed by atoms with Crippen molar-refractivity contribution in [2.45, 2.75) is 64.0 Å². The summed E-state index contributed by atoms with van der Waals surface area (Å²) in [5, 5.41) is 4.73. The lowest BCUT2D eigenvalue weighted by Gasteiger charge is -2.25. The molecule has 5 nitrogen and oxygen atoms in total. The molecule has 2 aliphatic heterocycles. The fourth-order valence-corrected chi connectivity index (χ4v) is 5.00. The predicted molar refractivity (Wildman–Crippen MR) is 109 cm³/mol. The normalized spacial score (nSPS) is 21.4. The summed E-state index contributed by atoms with van der Waals surface area (Å²) in [5.74, 6) is 1.06. The molecule has 1 unspecified atom stereocenters. The van der Waals surface area contributed by atoms with Gasteiger partial charge in [-0.1, -0.05) is 12.1 Å². The SMILES string of the molecule is O=c1cc2c(nn1CC1CCCN1CCc1ccc3c(c1)CCO3)CCCC2. The van der Waals surface area contributed by atoms with Crippen molar-refractivity contribution in [1.29, 1.82) is 0 Å². The van der Waals surface area contributed by atoms with E-state index in [0.29, 0.717) is 6.04 Å². The highest BCUT2D eigenvalue weighted by molar-refractivity contribution is 5.39. The van der Waals surface area contributed by atoms with Crippen LogP contribution in [0.1, 0.15) is 48.1 Å². The average Bonchev–Trinajstić information content (AvgIpc) is 3.35. The highest BCUT2D eigenvalue weighted by Gasteiger charge is 2.26. The molecular formula is C23H29N3O2. The highest BCUT2D eigenvalue weighted by Crippen LogP contribution is 2.27. The molecule has 5 rings (SSSR count). The predicted octanol–water partition coefficient (Wildman–Crippen LogP) is 2.76. The Hall–Kier alpha value is -2.14. The van der Waals surface area contributed by atoms with Gasteiger partial charge >= 0.3 is 0 Å². The molecule has 3 heterocycles. The Balaban J connectivity index is 1.25. The van der Waals surface area contributed by atoms with Crippen LogP contribution < -0.4 is 10.3 Å². The first kappa shape index (κ1) is 17.9. The summed E-state index contributed by atoms with van der Waals surface area (Å²) in [6, 6.07) is 8.89. The third-order valence-electron chi connectivity index (χ3n) is 6.60. The molecule has 0 spiro atoms.